The number of aryl methyl sites for hydroxylation is 4. The van der Waals surface area contributed by atoms with Crippen molar-refractivity contribution in [2.24, 2.45) is 5.10 Å². The van der Waals surface area contributed by atoms with Crippen LogP contribution in [0.25, 0.3) is 11.8 Å². The highest BCUT2D eigenvalue weighted by molar-refractivity contribution is 5.82. The molecule has 4 aromatic heterocycles. The predicted octanol–water partition coefficient (Wildman–Crippen LogP) is 2.67. The van der Waals surface area contributed by atoms with E-state index in [1.54, 1.807) is 21.9 Å². The molecule has 0 aliphatic carbocycles. The summed E-state index contributed by atoms with van der Waals surface area (Å²) in [5, 5.41) is 21.2. The quantitative estimate of drug-likeness (QED) is 0.519. The molecule has 0 aromatic carbocycles. The van der Waals surface area contributed by atoms with Crippen LogP contribution in [-0.2, 0) is 0 Å². The fourth-order valence-corrected chi connectivity index (χ4v) is 3.13. The van der Waals surface area contributed by atoms with Crippen molar-refractivity contribution in [2.75, 3.05) is 0 Å². The van der Waals surface area contributed by atoms with Crippen molar-refractivity contribution in [1.29, 1.82) is 0 Å². The normalized spacial score (nSPS) is 11.7. The second kappa shape index (κ2) is 6.35. The first-order valence-corrected chi connectivity index (χ1v) is 8.54. The molecule has 0 spiro atoms. The Labute approximate surface area is 155 Å². The number of nitrogens with zero attached hydrogens (tertiary/aromatic N) is 8. The van der Waals surface area contributed by atoms with Crippen molar-refractivity contribution in [3.05, 3.63) is 58.6 Å². The minimum atomic E-state index is 0.540. The molecule has 0 atom stereocenters. The summed E-state index contributed by atoms with van der Waals surface area (Å²) < 4.78 is 10.6. The lowest BCUT2D eigenvalue weighted by molar-refractivity contribution is 0.394. The summed E-state index contributed by atoms with van der Waals surface area (Å²) in [5.74, 6) is 2.07. The van der Waals surface area contributed by atoms with E-state index >= 15 is 0 Å². The molecule has 0 amide bonds. The summed E-state index contributed by atoms with van der Waals surface area (Å²) in [5.41, 5.74) is 4.92. The molecule has 138 valence electrons. The molecule has 0 bridgehead atoms. The fraction of sp³-hybridized carbons (Fsp3) is 0.278. The van der Waals surface area contributed by atoms with Gasteiger partial charge in [0.1, 0.15) is 12.1 Å². The molecule has 0 radical (unpaired) electrons. The molecule has 0 unspecified atom stereocenters. The Morgan fingerprint density at radius 2 is 1.85 bits per heavy atom. The molecule has 9 heteroatoms. The zero-order valence-electron chi connectivity index (χ0n) is 15.9. The molecular formula is C18H20N8O. The third-order valence-electron chi connectivity index (χ3n) is 4.35. The Morgan fingerprint density at radius 1 is 1.04 bits per heavy atom. The van der Waals surface area contributed by atoms with Gasteiger partial charge in [0.15, 0.2) is 5.82 Å². The van der Waals surface area contributed by atoms with E-state index in [9.17, 15) is 0 Å². The van der Waals surface area contributed by atoms with Crippen molar-refractivity contribution in [1.82, 2.24) is 34.4 Å². The van der Waals surface area contributed by atoms with Gasteiger partial charge in [-0.25, -0.2) is 4.68 Å². The van der Waals surface area contributed by atoms with Crippen LogP contribution in [0.2, 0.25) is 0 Å². The minimum Gasteiger partial charge on any atom is -0.360 e. The van der Waals surface area contributed by atoms with Gasteiger partial charge in [0.2, 0.25) is 0 Å². The molecule has 0 N–H and O–H groups in total. The van der Waals surface area contributed by atoms with Gasteiger partial charge in [0.25, 0.3) is 5.95 Å². The smallest absolute Gasteiger partial charge is 0.273 e. The summed E-state index contributed by atoms with van der Waals surface area (Å²) in [6.07, 6.45) is 3.34. The Balaban J connectivity index is 1.69. The van der Waals surface area contributed by atoms with Crippen molar-refractivity contribution in [3.8, 4) is 11.8 Å². The predicted molar refractivity (Wildman–Crippen MR) is 99.7 cm³/mol. The standard InChI is InChI=1S/C18H20N8O/c1-11-6-13(3)26(22-11)18-21-19-10-24(18)20-9-16-7-12(2)25(15(16)5)17-8-14(4)27-23-17/h6-10H,1-5H3/b20-9-. The van der Waals surface area contributed by atoms with Crippen LogP contribution in [0.15, 0.2) is 34.2 Å². The van der Waals surface area contributed by atoms with E-state index in [4.69, 9.17) is 4.52 Å². The van der Waals surface area contributed by atoms with Crippen LogP contribution in [0.4, 0.5) is 0 Å². The largest absolute Gasteiger partial charge is 0.360 e. The second-order valence-electron chi connectivity index (χ2n) is 6.52. The molecule has 27 heavy (non-hydrogen) atoms. The number of hydrogen-bond acceptors (Lipinski definition) is 6. The summed E-state index contributed by atoms with van der Waals surface area (Å²) in [6, 6.07) is 5.94. The van der Waals surface area contributed by atoms with Gasteiger partial charge in [0, 0.05) is 28.7 Å². The second-order valence-corrected chi connectivity index (χ2v) is 6.52. The van der Waals surface area contributed by atoms with Crippen LogP contribution in [0.1, 0.15) is 34.1 Å². The molecule has 0 saturated heterocycles. The SMILES string of the molecule is Cc1cc(C)n(-c2nncn2/N=C\c2cc(C)n(-c3cc(C)on3)c2C)n1. The van der Waals surface area contributed by atoms with E-state index in [0.717, 1.165) is 39.9 Å². The summed E-state index contributed by atoms with van der Waals surface area (Å²) >= 11 is 0. The van der Waals surface area contributed by atoms with Crippen molar-refractivity contribution in [3.63, 3.8) is 0 Å². The van der Waals surface area contributed by atoms with Gasteiger partial charge in [-0.05, 0) is 46.8 Å². The Morgan fingerprint density at radius 3 is 2.52 bits per heavy atom. The molecule has 4 aromatic rings. The van der Waals surface area contributed by atoms with Crippen LogP contribution in [-0.4, -0.2) is 40.6 Å². The zero-order valence-corrected chi connectivity index (χ0v) is 15.9. The Bertz CT molecular complexity index is 1140. The van der Waals surface area contributed by atoms with Crippen LogP contribution >= 0.6 is 0 Å². The van der Waals surface area contributed by atoms with Gasteiger partial charge in [-0.1, -0.05) is 5.16 Å². The number of aromatic nitrogens is 7. The van der Waals surface area contributed by atoms with E-state index in [1.807, 2.05) is 51.3 Å². The zero-order chi connectivity index (χ0) is 19.1. The first-order chi connectivity index (χ1) is 12.9. The molecule has 0 saturated carbocycles. The average Bonchev–Trinajstić information content (AvgIpc) is 3.35. The highest BCUT2D eigenvalue weighted by Crippen LogP contribution is 2.19. The van der Waals surface area contributed by atoms with E-state index in [0.29, 0.717) is 5.95 Å². The van der Waals surface area contributed by atoms with E-state index in [1.165, 1.54) is 0 Å². The lowest BCUT2D eigenvalue weighted by atomic mass is 10.3. The Hall–Kier alpha value is -3.49. The first-order valence-electron chi connectivity index (χ1n) is 8.54. The van der Waals surface area contributed by atoms with Gasteiger partial charge >= 0.3 is 0 Å². The molecule has 4 rings (SSSR count). The van der Waals surface area contributed by atoms with Gasteiger partial charge in [0.05, 0.1) is 11.9 Å². The maximum atomic E-state index is 5.20. The summed E-state index contributed by atoms with van der Waals surface area (Å²) in [7, 11) is 0. The van der Waals surface area contributed by atoms with Crippen molar-refractivity contribution in [2.45, 2.75) is 34.6 Å². The first kappa shape index (κ1) is 17.0. The highest BCUT2D eigenvalue weighted by Gasteiger charge is 2.14. The van der Waals surface area contributed by atoms with Crippen LogP contribution in [0, 0.1) is 34.6 Å². The molecule has 0 aliphatic heterocycles. The monoisotopic (exact) mass is 364 g/mol. The third kappa shape index (κ3) is 2.97. The topological polar surface area (TPSA) is 91.8 Å². The molecule has 0 aliphatic rings. The highest BCUT2D eigenvalue weighted by atomic mass is 16.5. The molecule has 9 nitrogen and oxygen atoms in total. The maximum absolute atomic E-state index is 5.20. The van der Waals surface area contributed by atoms with Crippen LogP contribution in [0.3, 0.4) is 0 Å². The van der Waals surface area contributed by atoms with Crippen LogP contribution in [0.5, 0.6) is 0 Å². The van der Waals surface area contributed by atoms with Crippen LogP contribution < -0.4 is 0 Å². The minimum absolute atomic E-state index is 0.540. The van der Waals surface area contributed by atoms with Gasteiger partial charge < -0.3 is 4.52 Å². The third-order valence-corrected chi connectivity index (χ3v) is 4.35. The molecule has 0 fully saturated rings. The number of hydrogen-bond donors (Lipinski definition) is 0. The number of rotatable bonds is 4. The molecular weight excluding hydrogens is 344 g/mol. The van der Waals surface area contributed by atoms with E-state index in [-0.39, 0.29) is 0 Å². The van der Waals surface area contributed by atoms with Gasteiger partial charge in [-0.2, -0.15) is 14.9 Å². The fourth-order valence-electron chi connectivity index (χ4n) is 3.13. The molecule has 4 heterocycles. The average molecular weight is 364 g/mol. The van der Waals surface area contributed by atoms with Crippen molar-refractivity contribution >= 4 is 6.21 Å². The summed E-state index contributed by atoms with van der Waals surface area (Å²) in [4.78, 5) is 0. The van der Waals surface area contributed by atoms with E-state index in [2.05, 4.69) is 31.6 Å². The van der Waals surface area contributed by atoms with Gasteiger partial charge in [-0.3, -0.25) is 4.57 Å². The Kier molecular flexibility index (Phi) is 3.98. The lowest BCUT2D eigenvalue weighted by Crippen LogP contribution is -2.06. The van der Waals surface area contributed by atoms with Gasteiger partial charge in [-0.15, -0.1) is 10.2 Å². The summed E-state index contributed by atoms with van der Waals surface area (Å²) in [6.45, 7) is 9.82. The lowest BCUT2D eigenvalue weighted by Gasteiger charge is -2.04. The van der Waals surface area contributed by atoms with Crippen molar-refractivity contribution < 1.29 is 4.52 Å². The maximum Gasteiger partial charge on any atom is 0.273 e. The van der Waals surface area contributed by atoms with E-state index < -0.39 is 0 Å².